The van der Waals surface area contributed by atoms with Crippen molar-refractivity contribution in [3.05, 3.63) is 53.3 Å². The third kappa shape index (κ3) is 3.16. The summed E-state index contributed by atoms with van der Waals surface area (Å²) in [6.07, 6.45) is 0. The first-order chi connectivity index (χ1) is 9.10. The lowest BCUT2D eigenvalue weighted by Crippen LogP contribution is -2.00. The number of methoxy groups -OCH3 is 1. The van der Waals surface area contributed by atoms with Crippen LogP contribution >= 0.6 is 0 Å². The molecule has 0 saturated carbocycles. The number of benzene rings is 2. The van der Waals surface area contributed by atoms with Gasteiger partial charge in [0, 0.05) is 11.6 Å². The Hall–Kier alpha value is -2.23. The Bertz CT molecular complexity index is 561. The molecule has 19 heavy (non-hydrogen) atoms. The first-order valence-corrected chi connectivity index (χ1v) is 5.85. The molecule has 2 aromatic carbocycles. The average molecular weight is 262 g/mol. The van der Waals surface area contributed by atoms with Crippen LogP contribution in [-0.4, -0.2) is 12.2 Å². The zero-order chi connectivity index (χ0) is 13.8. The standard InChI is InChI=1S/C15H15FO3/c1-10-6-12(17)8-13(7-10)19-9-11-4-3-5-14(18-2)15(11)16/h3-8,17H,9H2,1-2H3. The molecule has 0 saturated heterocycles. The van der Waals surface area contributed by atoms with Crippen molar-refractivity contribution in [2.24, 2.45) is 0 Å². The fraction of sp³-hybridized carbons (Fsp3) is 0.200. The predicted octanol–water partition coefficient (Wildman–Crippen LogP) is 3.43. The maximum atomic E-state index is 13.9. The number of phenols is 1. The van der Waals surface area contributed by atoms with Crippen LogP contribution in [0.25, 0.3) is 0 Å². The van der Waals surface area contributed by atoms with E-state index in [0.29, 0.717) is 11.3 Å². The highest BCUT2D eigenvalue weighted by molar-refractivity contribution is 5.37. The van der Waals surface area contributed by atoms with Gasteiger partial charge in [-0.25, -0.2) is 4.39 Å². The van der Waals surface area contributed by atoms with Crippen molar-refractivity contribution in [2.75, 3.05) is 7.11 Å². The molecule has 2 rings (SSSR count). The summed E-state index contributed by atoms with van der Waals surface area (Å²) in [5, 5.41) is 9.45. The summed E-state index contributed by atoms with van der Waals surface area (Å²) < 4.78 is 24.3. The highest BCUT2D eigenvalue weighted by atomic mass is 19.1. The molecule has 0 fully saturated rings. The quantitative estimate of drug-likeness (QED) is 0.917. The van der Waals surface area contributed by atoms with Gasteiger partial charge in [0.25, 0.3) is 0 Å². The van der Waals surface area contributed by atoms with Gasteiger partial charge in [0.05, 0.1) is 7.11 Å². The Balaban J connectivity index is 2.14. The van der Waals surface area contributed by atoms with E-state index in [-0.39, 0.29) is 18.1 Å². The smallest absolute Gasteiger partial charge is 0.171 e. The van der Waals surface area contributed by atoms with Crippen LogP contribution < -0.4 is 9.47 Å². The predicted molar refractivity (Wildman–Crippen MR) is 70.1 cm³/mol. The van der Waals surface area contributed by atoms with Crippen molar-refractivity contribution < 1.29 is 19.0 Å². The zero-order valence-corrected chi connectivity index (χ0v) is 10.8. The zero-order valence-electron chi connectivity index (χ0n) is 10.8. The van der Waals surface area contributed by atoms with E-state index in [1.807, 2.05) is 6.92 Å². The molecule has 2 aromatic rings. The molecule has 3 nitrogen and oxygen atoms in total. The second-order valence-electron chi connectivity index (χ2n) is 4.23. The molecule has 0 aliphatic carbocycles. The largest absolute Gasteiger partial charge is 0.508 e. The summed E-state index contributed by atoms with van der Waals surface area (Å²) in [5.41, 5.74) is 1.28. The topological polar surface area (TPSA) is 38.7 Å². The monoisotopic (exact) mass is 262 g/mol. The second kappa shape index (κ2) is 5.61. The van der Waals surface area contributed by atoms with Crippen LogP contribution in [-0.2, 0) is 6.61 Å². The Labute approximate surface area is 111 Å². The normalized spacial score (nSPS) is 10.3. The lowest BCUT2D eigenvalue weighted by Gasteiger charge is -2.10. The molecule has 0 aliphatic rings. The Morgan fingerprint density at radius 2 is 2.00 bits per heavy atom. The van der Waals surface area contributed by atoms with Gasteiger partial charge in [0.1, 0.15) is 18.1 Å². The maximum absolute atomic E-state index is 13.9. The van der Waals surface area contributed by atoms with E-state index in [1.54, 1.807) is 30.3 Å². The number of hydrogen-bond donors (Lipinski definition) is 1. The molecule has 1 N–H and O–H groups in total. The van der Waals surface area contributed by atoms with Crippen molar-refractivity contribution in [3.63, 3.8) is 0 Å². The minimum absolute atomic E-state index is 0.0753. The minimum Gasteiger partial charge on any atom is -0.508 e. The van der Waals surface area contributed by atoms with Crippen LogP contribution in [0.4, 0.5) is 4.39 Å². The third-order valence-electron chi connectivity index (χ3n) is 2.69. The van der Waals surface area contributed by atoms with E-state index in [4.69, 9.17) is 9.47 Å². The van der Waals surface area contributed by atoms with Crippen molar-refractivity contribution in [1.82, 2.24) is 0 Å². The number of ether oxygens (including phenoxy) is 2. The fourth-order valence-electron chi connectivity index (χ4n) is 1.80. The van der Waals surface area contributed by atoms with Gasteiger partial charge in [-0.15, -0.1) is 0 Å². The van der Waals surface area contributed by atoms with Crippen molar-refractivity contribution >= 4 is 0 Å². The van der Waals surface area contributed by atoms with Gasteiger partial charge in [0.2, 0.25) is 0 Å². The first kappa shape index (κ1) is 13.2. The Morgan fingerprint density at radius 3 is 2.68 bits per heavy atom. The molecule has 0 unspecified atom stereocenters. The number of hydrogen-bond acceptors (Lipinski definition) is 3. The van der Waals surface area contributed by atoms with Crippen LogP contribution in [0.1, 0.15) is 11.1 Å². The summed E-state index contributed by atoms with van der Waals surface area (Å²) in [7, 11) is 1.42. The van der Waals surface area contributed by atoms with E-state index >= 15 is 0 Å². The van der Waals surface area contributed by atoms with Crippen molar-refractivity contribution in [1.29, 1.82) is 0 Å². The molecule has 0 atom stereocenters. The molecule has 0 aliphatic heterocycles. The number of phenolic OH excluding ortho intramolecular Hbond substituents is 1. The molecular formula is C15H15FO3. The fourth-order valence-corrected chi connectivity index (χ4v) is 1.80. The van der Waals surface area contributed by atoms with Gasteiger partial charge in [-0.05, 0) is 30.7 Å². The van der Waals surface area contributed by atoms with Crippen molar-refractivity contribution in [2.45, 2.75) is 13.5 Å². The van der Waals surface area contributed by atoms with Crippen LogP contribution in [0.5, 0.6) is 17.2 Å². The highest BCUT2D eigenvalue weighted by Gasteiger charge is 2.09. The summed E-state index contributed by atoms with van der Waals surface area (Å²) in [6.45, 7) is 1.92. The SMILES string of the molecule is COc1cccc(COc2cc(C)cc(O)c2)c1F. The summed E-state index contributed by atoms with van der Waals surface area (Å²) in [6, 6.07) is 9.78. The average Bonchev–Trinajstić information content (AvgIpc) is 2.36. The third-order valence-corrected chi connectivity index (χ3v) is 2.69. The number of halogens is 1. The Morgan fingerprint density at radius 1 is 1.21 bits per heavy atom. The molecule has 0 aromatic heterocycles. The van der Waals surface area contributed by atoms with E-state index in [1.165, 1.54) is 13.2 Å². The van der Waals surface area contributed by atoms with Gasteiger partial charge in [-0.2, -0.15) is 0 Å². The molecule has 0 radical (unpaired) electrons. The summed E-state index contributed by atoms with van der Waals surface area (Å²) in [4.78, 5) is 0. The van der Waals surface area contributed by atoms with Crippen LogP contribution in [0.15, 0.2) is 36.4 Å². The minimum atomic E-state index is -0.429. The molecule has 0 bridgehead atoms. The van der Waals surface area contributed by atoms with Gasteiger partial charge in [-0.1, -0.05) is 12.1 Å². The number of rotatable bonds is 4. The van der Waals surface area contributed by atoms with E-state index in [9.17, 15) is 9.50 Å². The van der Waals surface area contributed by atoms with E-state index in [2.05, 4.69) is 0 Å². The van der Waals surface area contributed by atoms with Crippen LogP contribution in [0, 0.1) is 12.7 Å². The molecule has 0 heterocycles. The number of aromatic hydroxyl groups is 1. The molecule has 0 amide bonds. The van der Waals surface area contributed by atoms with Gasteiger partial charge >= 0.3 is 0 Å². The summed E-state index contributed by atoms with van der Waals surface area (Å²) in [5.74, 6) is 0.385. The van der Waals surface area contributed by atoms with Crippen molar-refractivity contribution in [3.8, 4) is 17.2 Å². The van der Waals surface area contributed by atoms with Gasteiger partial charge in [-0.3, -0.25) is 0 Å². The number of aryl methyl sites for hydroxylation is 1. The summed E-state index contributed by atoms with van der Waals surface area (Å²) >= 11 is 0. The van der Waals surface area contributed by atoms with E-state index in [0.717, 1.165) is 5.56 Å². The van der Waals surface area contributed by atoms with Crippen LogP contribution in [0.3, 0.4) is 0 Å². The lowest BCUT2D eigenvalue weighted by molar-refractivity contribution is 0.294. The molecular weight excluding hydrogens is 247 g/mol. The van der Waals surface area contributed by atoms with E-state index < -0.39 is 5.82 Å². The first-order valence-electron chi connectivity index (χ1n) is 5.85. The molecule has 4 heteroatoms. The maximum Gasteiger partial charge on any atom is 0.171 e. The molecule has 0 spiro atoms. The van der Waals surface area contributed by atoms with Crippen LogP contribution in [0.2, 0.25) is 0 Å². The molecule has 100 valence electrons. The van der Waals surface area contributed by atoms with Gasteiger partial charge in [0.15, 0.2) is 11.6 Å². The Kier molecular flexibility index (Phi) is 3.90. The highest BCUT2D eigenvalue weighted by Crippen LogP contribution is 2.24. The lowest BCUT2D eigenvalue weighted by atomic mass is 10.2. The second-order valence-corrected chi connectivity index (χ2v) is 4.23. The van der Waals surface area contributed by atoms with Gasteiger partial charge < -0.3 is 14.6 Å².